The first-order chi connectivity index (χ1) is 11.8. The highest BCUT2D eigenvalue weighted by molar-refractivity contribution is 7.92. The fraction of sp³-hybridized carbons (Fsp3) is 0.375. The summed E-state index contributed by atoms with van der Waals surface area (Å²) >= 11 is 0. The summed E-state index contributed by atoms with van der Waals surface area (Å²) in [5.74, 6) is 0. The molecule has 1 aromatic heterocycles. The Kier molecular flexibility index (Phi) is 4.79. The molecule has 1 aliphatic carbocycles. The maximum atomic E-state index is 12.6. The van der Waals surface area contributed by atoms with Crippen LogP contribution in [0.15, 0.2) is 57.4 Å². The van der Waals surface area contributed by atoms with Crippen LogP contribution in [0.25, 0.3) is 0 Å². The summed E-state index contributed by atoms with van der Waals surface area (Å²) in [6.07, 6.45) is 3.66. The minimum absolute atomic E-state index is 0.0223. The second-order valence-corrected chi connectivity index (χ2v) is 10.2. The van der Waals surface area contributed by atoms with Crippen LogP contribution < -0.4 is 4.54 Å². The number of hydrogen-bond donors (Lipinski definition) is 1. The second-order valence-electron chi connectivity index (χ2n) is 6.06. The van der Waals surface area contributed by atoms with Gasteiger partial charge in [0.25, 0.3) is 0 Å². The van der Waals surface area contributed by atoms with Crippen molar-refractivity contribution in [3.05, 3.63) is 47.4 Å². The monoisotopic (exact) mass is 383 g/mol. The standard InChI is InChI=1S/C16H19N2O5S2/c19-18-16(25(22,23)14-9-5-2-6-10-14)12-11-15(17-18)24(20,21)13-7-3-1-4-8-13/h1,3-4,7-8,11-12,14H,2,5-6,9-10H2,(H,17,19)/q+1. The normalized spacial score (nSPS) is 16.6. The quantitative estimate of drug-likeness (QED) is 0.811. The fourth-order valence-corrected chi connectivity index (χ4v) is 6.09. The van der Waals surface area contributed by atoms with Gasteiger partial charge in [-0.05, 0) is 31.0 Å². The molecule has 1 aromatic carbocycles. The summed E-state index contributed by atoms with van der Waals surface area (Å²) < 4.78 is 50.4. The van der Waals surface area contributed by atoms with Crippen LogP contribution in [-0.2, 0) is 19.7 Å². The van der Waals surface area contributed by atoms with Crippen LogP contribution >= 0.6 is 0 Å². The zero-order chi connectivity index (χ0) is 18.1. The van der Waals surface area contributed by atoms with Gasteiger partial charge in [-0.25, -0.2) is 16.8 Å². The van der Waals surface area contributed by atoms with Crippen molar-refractivity contribution in [3.63, 3.8) is 0 Å². The molecule has 1 saturated carbocycles. The molecule has 1 fully saturated rings. The van der Waals surface area contributed by atoms with E-state index in [4.69, 9.17) is 0 Å². The minimum Gasteiger partial charge on any atom is -0.217 e. The van der Waals surface area contributed by atoms with Gasteiger partial charge in [0.05, 0.1) is 15.1 Å². The van der Waals surface area contributed by atoms with Crippen LogP contribution in [-0.4, -0.2) is 27.2 Å². The Bertz CT molecular complexity index is 1020. The highest BCUT2D eigenvalue weighted by Gasteiger charge is 2.37. The van der Waals surface area contributed by atoms with E-state index >= 15 is 0 Å². The van der Waals surface area contributed by atoms with Crippen molar-refractivity contribution >= 4 is 19.7 Å². The number of aromatic nitrogens is 2. The molecule has 0 amide bonds. The van der Waals surface area contributed by atoms with E-state index in [0.717, 1.165) is 31.4 Å². The first kappa shape index (κ1) is 17.8. The number of benzene rings is 1. The van der Waals surface area contributed by atoms with Crippen molar-refractivity contribution in [2.24, 2.45) is 0 Å². The predicted octanol–water partition coefficient (Wildman–Crippen LogP) is 1.87. The van der Waals surface area contributed by atoms with E-state index in [1.165, 1.54) is 12.1 Å². The third-order valence-corrected chi connectivity index (χ3v) is 8.35. The molecule has 0 aliphatic heterocycles. The molecule has 0 saturated heterocycles. The minimum atomic E-state index is -3.92. The van der Waals surface area contributed by atoms with Crippen LogP contribution in [0.5, 0.6) is 0 Å². The van der Waals surface area contributed by atoms with Crippen molar-refractivity contribution in [2.75, 3.05) is 0 Å². The Morgan fingerprint density at radius 2 is 1.52 bits per heavy atom. The number of nitrogens with zero attached hydrogens (tertiary/aromatic N) is 1. The molecular formula is C16H19N2O5S2+. The number of nitrogens with one attached hydrogen (secondary N) is 1. The van der Waals surface area contributed by atoms with E-state index in [9.17, 15) is 21.7 Å². The molecule has 134 valence electrons. The molecule has 9 heteroatoms. The summed E-state index contributed by atoms with van der Waals surface area (Å²) in [5.41, 5.74) is 0. The van der Waals surface area contributed by atoms with Gasteiger partial charge in [-0.2, -0.15) is 0 Å². The maximum absolute atomic E-state index is 12.6. The smallest absolute Gasteiger partial charge is 0.217 e. The second kappa shape index (κ2) is 6.72. The van der Waals surface area contributed by atoms with Crippen LogP contribution in [0.3, 0.4) is 0 Å². The lowest BCUT2D eigenvalue weighted by atomic mass is 10.0. The number of H-pyrrole nitrogens is 1. The molecule has 3 rings (SSSR count). The van der Waals surface area contributed by atoms with E-state index in [0.29, 0.717) is 12.8 Å². The number of sulfone groups is 2. The van der Waals surface area contributed by atoms with Gasteiger partial charge in [0, 0.05) is 6.07 Å². The summed E-state index contributed by atoms with van der Waals surface area (Å²) in [4.78, 5) is 12.2. The molecule has 7 nitrogen and oxygen atoms in total. The molecule has 0 unspecified atom stereocenters. The van der Waals surface area contributed by atoms with E-state index in [1.807, 2.05) is 0 Å². The molecule has 0 spiro atoms. The lowest BCUT2D eigenvalue weighted by Crippen LogP contribution is -2.35. The molecule has 0 radical (unpaired) electrons. The van der Waals surface area contributed by atoms with Crippen molar-refractivity contribution in [1.82, 2.24) is 5.10 Å². The average Bonchev–Trinajstić information content (AvgIpc) is 2.63. The van der Waals surface area contributed by atoms with Gasteiger partial charge in [0.1, 0.15) is 0 Å². The average molecular weight is 383 g/mol. The van der Waals surface area contributed by atoms with Gasteiger partial charge in [-0.1, -0.05) is 37.5 Å². The molecular weight excluding hydrogens is 364 g/mol. The molecule has 2 aromatic rings. The van der Waals surface area contributed by atoms with E-state index in [-0.39, 0.29) is 14.5 Å². The van der Waals surface area contributed by atoms with E-state index in [1.54, 1.807) is 18.2 Å². The first-order valence-corrected chi connectivity index (χ1v) is 11.1. The zero-order valence-corrected chi connectivity index (χ0v) is 15.1. The predicted molar refractivity (Wildman–Crippen MR) is 90.1 cm³/mol. The molecule has 0 atom stereocenters. The topological polar surface area (TPSA) is 107 Å². The summed E-state index contributed by atoms with van der Waals surface area (Å²) in [6, 6.07) is 9.84. The Morgan fingerprint density at radius 3 is 2.12 bits per heavy atom. The van der Waals surface area contributed by atoms with Gasteiger partial charge in [-0.15, -0.1) is 5.10 Å². The summed E-state index contributed by atoms with van der Waals surface area (Å²) in [5, 5.41) is 0.773. The Balaban J connectivity index is 2.01. The highest BCUT2D eigenvalue weighted by atomic mass is 32.2. The SMILES string of the molecule is O=[n+]1[nH]c(S(=O)(=O)c2ccccc2)ccc1S(=O)(=O)C1CCCCC1. The van der Waals surface area contributed by atoms with Crippen molar-refractivity contribution in [2.45, 2.75) is 52.3 Å². The van der Waals surface area contributed by atoms with Crippen molar-refractivity contribution in [1.29, 1.82) is 0 Å². The van der Waals surface area contributed by atoms with Crippen molar-refractivity contribution in [3.8, 4) is 0 Å². The number of rotatable bonds is 4. The number of hydrogen-bond acceptors (Lipinski definition) is 5. The van der Waals surface area contributed by atoms with Crippen molar-refractivity contribution < 1.29 is 21.4 Å². The van der Waals surface area contributed by atoms with Crippen LogP contribution in [0.1, 0.15) is 32.1 Å². The van der Waals surface area contributed by atoms with Gasteiger partial charge < -0.3 is 0 Å². The lowest BCUT2D eigenvalue weighted by Gasteiger charge is -2.18. The molecule has 1 N–H and O–H groups in total. The Morgan fingerprint density at radius 1 is 0.880 bits per heavy atom. The zero-order valence-electron chi connectivity index (χ0n) is 13.5. The molecule has 0 bridgehead atoms. The maximum Gasteiger partial charge on any atom is 0.382 e. The first-order valence-electron chi connectivity index (χ1n) is 8.03. The van der Waals surface area contributed by atoms with Crippen LogP contribution in [0.4, 0.5) is 0 Å². The Hall–Kier alpha value is -2.00. The number of aromatic amines is 1. The largest absolute Gasteiger partial charge is 0.382 e. The summed E-state index contributed by atoms with van der Waals surface area (Å²) in [7, 11) is -7.72. The van der Waals surface area contributed by atoms with E-state index < -0.39 is 30.0 Å². The van der Waals surface area contributed by atoms with Gasteiger partial charge >= 0.3 is 5.03 Å². The van der Waals surface area contributed by atoms with E-state index in [2.05, 4.69) is 5.10 Å². The lowest BCUT2D eigenvalue weighted by molar-refractivity contribution is -0.610. The van der Waals surface area contributed by atoms with Gasteiger partial charge in [0.15, 0.2) is 9.57 Å². The van der Waals surface area contributed by atoms with Gasteiger partial charge in [0.2, 0.25) is 19.7 Å². The van der Waals surface area contributed by atoms with Gasteiger partial charge in [-0.3, -0.25) is 0 Å². The third kappa shape index (κ3) is 3.38. The molecule has 1 heterocycles. The molecule has 1 aliphatic rings. The fourth-order valence-electron chi connectivity index (χ4n) is 3.04. The van der Waals surface area contributed by atoms with Crippen LogP contribution in [0, 0.1) is 4.91 Å². The van der Waals surface area contributed by atoms with Crippen LogP contribution in [0.2, 0.25) is 0 Å². The summed E-state index contributed by atoms with van der Waals surface area (Å²) in [6.45, 7) is 0. The third-order valence-electron chi connectivity index (χ3n) is 4.41. The highest BCUT2D eigenvalue weighted by Crippen LogP contribution is 2.27. The Labute approximate surface area is 146 Å². The molecule has 25 heavy (non-hydrogen) atoms.